The smallest absolute Gasteiger partial charge is 0.305 e. The maximum absolute atomic E-state index is 12.5. The first-order valence-electron chi connectivity index (χ1n) is 33.8. The second kappa shape index (κ2) is 63.4. The number of nitrogens with one attached hydrogen (secondary N) is 1. The minimum Gasteiger partial charge on any atom is -0.466 e. The van der Waals surface area contributed by atoms with Gasteiger partial charge in [-0.3, -0.25) is 9.59 Å². The second-order valence-corrected chi connectivity index (χ2v) is 23.5. The highest BCUT2D eigenvalue weighted by Crippen LogP contribution is 2.19. The van der Waals surface area contributed by atoms with Crippen LogP contribution in [-0.2, 0) is 14.3 Å². The number of carbonyl (C=O) groups is 2. The Balaban J connectivity index is 3.30. The zero-order chi connectivity index (χ0) is 52.9. The van der Waals surface area contributed by atoms with Crippen molar-refractivity contribution in [1.82, 2.24) is 5.32 Å². The van der Waals surface area contributed by atoms with Gasteiger partial charge in [0.15, 0.2) is 0 Å². The predicted octanol–water partition coefficient (Wildman–Crippen LogP) is 21.4. The fraction of sp³-hybridized carbons (Fsp3) is 0.970. The minimum absolute atomic E-state index is 0.0231. The van der Waals surface area contributed by atoms with Crippen LogP contribution in [0.2, 0.25) is 0 Å². The first-order valence-corrected chi connectivity index (χ1v) is 33.8. The van der Waals surface area contributed by atoms with E-state index in [1.807, 2.05) is 0 Å². The van der Waals surface area contributed by atoms with Gasteiger partial charge in [0.05, 0.1) is 25.4 Å². The highest BCUT2D eigenvalue weighted by atomic mass is 16.5. The molecule has 2 unspecified atom stereocenters. The highest BCUT2D eigenvalue weighted by molar-refractivity contribution is 5.76. The third kappa shape index (κ3) is 60.0. The fourth-order valence-corrected chi connectivity index (χ4v) is 11.0. The van der Waals surface area contributed by atoms with Crippen LogP contribution in [0.5, 0.6) is 0 Å². The van der Waals surface area contributed by atoms with Crippen LogP contribution in [0.4, 0.5) is 0 Å². The number of hydrogen-bond acceptors (Lipinski definition) is 5. The number of esters is 1. The molecular weight excluding hydrogens is 899 g/mol. The molecule has 0 saturated heterocycles. The summed E-state index contributed by atoms with van der Waals surface area (Å²) in [4.78, 5) is 24.6. The molecule has 0 aliphatic heterocycles. The van der Waals surface area contributed by atoms with Crippen molar-refractivity contribution in [2.45, 2.75) is 405 Å². The van der Waals surface area contributed by atoms with Crippen molar-refractivity contribution in [1.29, 1.82) is 0 Å². The Morgan fingerprint density at radius 2 is 0.562 bits per heavy atom. The molecule has 3 N–H and O–H groups in total. The molecule has 0 rings (SSSR count). The second-order valence-electron chi connectivity index (χ2n) is 23.5. The Morgan fingerprint density at radius 3 is 0.836 bits per heavy atom. The number of ether oxygens (including phenoxy) is 1. The zero-order valence-corrected chi connectivity index (χ0v) is 49.9. The summed E-state index contributed by atoms with van der Waals surface area (Å²) >= 11 is 0. The molecule has 0 saturated carbocycles. The number of hydrogen-bond donors (Lipinski definition) is 3. The van der Waals surface area contributed by atoms with Crippen molar-refractivity contribution in [2.75, 3.05) is 13.2 Å². The van der Waals surface area contributed by atoms with Gasteiger partial charge in [0.25, 0.3) is 0 Å². The Bertz CT molecular complexity index is 1050. The van der Waals surface area contributed by atoms with Gasteiger partial charge in [0.2, 0.25) is 5.91 Å². The summed E-state index contributed by atoms with van der Waals surface area (Å²) < 4.78 is 5.51. The largest absolute Gasteiger partial charge is 0.466 e. The van der Waals surface area contributed by atoms with Crippen LogP contribution in [0, 0.1) is 0 Å². The molecule has 0 aliphatic carbocycles. The Kier molecular flexibility index (Phi) is 62.4. The molecule has 0 bridgehead atoms. The summed E-state index contributed by atoms with van der Waals surface area (Å²) in [5, 5.41) is 23.2. The molecular formula is C67H133NO5. The molecule has 0 heterocycles. The van der Waals surface area contributed by atoms with Crippen molar-refractivity contribution in [2.24, 2.45) is 0 Å². The van der Waals surface area contributed by atoms with Gasteiger partial charge < -0.3 is 20.3 Å². The van der Waals surface area contributed by atoms with Crippen molar-refractivity contribution in [3.8, 4) is 0 Å². The Hall–Kier alpha value is -1.14. The number of unbranched alkanes of at least 4 members (excludes halogenated alkanes) is 53. The van der Waals surface area contributed by atoms with Gasteiger partial charge in [-0.2, -0.15) is 0 Å². The minimum atomic E-state index is -0.660. The van der Waals surface area contributed by atoms with Crippen LogP contribution in [0.25, 0.3) is 0 Å². The molecule has 0 spiro atoms. The first kappa shape index (κ1) is 71.9. The fourth-order valence-electron chi connectivity index (χ4n) is 11.0. The van der Waals surface area contributed by atoms with Crippen molar-refractivity contribution < 1.29 is 24.5 Å². The van der Waals surface area contributed by atoms with E-state index in [9.17, 15) is 19.8 Å². The van der Waals surface area contributed by atoms with Gasteiger partial charge in [-0.1, -0.05) is 354 Å². The van der Waals surface area contributed by atoms with E-state index >= 15 is 0 Å². The van der Waals surface area contributed by atoms with Crippen LogP contribution < -0.4 is 5.32 Å². The van der Waals surface area contributed by atoms with E-state index in [2.05, 4.69) is 19.2 Å². The van der Waals surface area contributed by atoms with Gasteiger partial charge >= 0.3 is 5.97 Å². The number of rotatable bonds is 64. The molecule has 0 aliphatic rings. The van der Waals surface area contributed by atoms with Gasteiger partial charge in [0.1, 0.15) is 0 Å². The van der Waals surface area contributed by atoms with E-state index < -0.39 is 12.1 Å². The van der Waals surface area contributed by atoms with Crippen LogP contribution >= 0.6 is 0 Å². The third-order valence-corrected chi connectivity index (χ3v) is 16.2. The Labute approximate surface area is 457 Å². The van der Waals surface area contributed by atoms with E-state index in [0.29, 0.717) is 25.9 Å². The molecule has 436 valence electrons. The molecule has 1 amide bonds. The topological polar surface area (TPSA) is 95.9 Å². The summed E-state index contributed by atoms with van der Waals surface area (Å²) in [6.45, 7) is 4.99. The molecule has 2 atom stereocenters. The van der Waals surface area contributed by atoms with E-state index in [1.54, 1.807) is 0 Å². The van der Waals surface area contributed by atoms with E-state index in [0.717, 1.165) is 38.5 Å². The number of carbonyl (C=O) groups excluding carboxylic acids is 2. The lowest BCUT2D eigenvalue weighted by Gasteiger charge is -2.22. The summed E-state index contributed by atoms with van der Waals surface area (Å²) in [7, 11) is 0. The Morgan fingerprint density at radius 1 is 0.329 bits per heavy atom. The molecule has 6 nitrogen and oxygen atoms in total. The molecule has 0 aromatic carbocycles. The number of aliphatic hydroxyl groups is 2. The van der Waals surface area contributed by atoms with Crippen LogP contribution in [0.3, 0.4) is 0 Å². The average Bonchev–Trinajstić information content (AvgIpc) is 3.39. The summed E-state index contributed by atoms with van der Waals surface area (Å²) in [6.07, 6.45) is 75.8. The first-order chi connectivity index (χ1) is 36.0. The zero-order valence-electron chi connectivity index (χ0n) is 49.9. The van der Waals surface area contributed by atoms with Crippen molar-refractivity contribution in [3.63, 3.8) is 0 Å². The highest BCUT2D eigenvalue weighted by Gasteiger charge is 2.20. The third-order valence-electron chi connectivity index (χ3n) is 16.2. The molecule has 6 heteroatoms. The van der Waals surface area contributed by atoms with Gasteiger partial charge in [-0.05, 0) is 25.7 Å². The van der Waals surface area contributed by atoms with E-state index in [4.69, 9.17) is 4.74 Å². The maximum atomic E-state index is 12.5. The van der Waals surface area contributed by atoms with Crippen molar-refractivity contribution in [3.05, 3.63) is 0 Å². The SMILES string of the molecule is CCCCCCCCCCCCCCCCCCCCCC(=O)OCCCCCCCCCCCCCCCCCCCCCCCCCCCCC(=O)NC(CO)C(O)CCCCCCCCCCCCC. The van der Waals surface area contributed by atoms with Crippen molar-refractivity contribution >= 4 is 11.9 Å². The molecule has 0 aromatic rings. The van der Waals surface area contributed by atoms with E-state index in [-0.39, 0.29) is 18.5 Å². The molecule has 0 radical (unpaired) electrons. The van der Waals surface area contributed by atoms with Crippen LogP contribution in [0.15, 0.2) is 0 Å². The van der Waals surface area contributed by atoms with Gasteiger partial charge in [-0.15, -0.1) is 0 Å². The van der Waals surface area contributed by atoms with Gasteiger partial charge in [0, 0.05) is 12.8 Å². The number of aliphatic hydroxyl groups excluding tert-OH is 2. The lowest BCUT2D eigenvalue weighted by molar-refractivity contribution is -0.143. The predicted molar refractivity (Wildman–Crippen MR) is 320 cm³/mol. The molecule has 0 aromatic heterocycles. The quantitative estimate of drug-likeness (QED) is 0.0417. The standard InChI is InChI=1S/C67H133NO5/c1-3-5-7-9-11-13-15-16-17-18-27-31-34-37-41-45-49-53-57-61-67(72)73-62-58-54-50-46-42-38-35-32-29-26-24-22-20-19-21-23-25-28-30-33-36-40-44-48-52-56-60-66(71)68-64(63-69)65(70)59-55-51-47-43-39-14-12-10-8-6-4-2/h64-65,69-70H,3-63H2,1-2H3,(H,68,71). The van der Waals surface area contributed by atoms with E-state index in [1.165, 1.54) is 321 Å². The number of amides is 1. The lowest BCUT2D eigenvalue weighted by atomic mass is 10.0. The van der Waals surface area contributed by atoms with Crippen LogP contribution in [-0.4, -0.2) is 47.4 Å². The van der Waals surface area contributed by atoms with Crippen LogP contribution in [0.1, 0.15) is 393 Å². The average molecular weight is 1030 g/mol. The summed E-state index contributed by atoms with van der Waals surface area (Å²) in [5.41, 5.74) is 0. The molecule has 0 fully saturated rings. The normalized spacial score (nSPS) is 12.4. The molecule has 73 heavy (non-hydrogen) atoms. The monoisotopic (exact) mass is 1030 g/mol. The van der Waals surface area contributed by atoms with Gasteiger partial charge in [-0.25, -0.2) is 0 Å². The maximum Gasteiger partial charge on any atom is 0.305 e. The lowest BCUT2D eigenvalue weighted by Crippen LogP contribution is -2.45. The summed E-state index contributed by atoms with van der Waals surface area (Å²) in [5.74, 6) is -0.00807. The summed E-state index contributed by atoms with van der Waals surface area (Å²) in [6, 6.07) is -0.537.